The van der Waals surface area contributed by atoms with Crippen molar-refractivity contribution in [3.05, 3.63) is 502 Å². The van der Waals surface area contributed by atoms with E-state index >= 15 is 0 Å². The number of hydrogen-bond acceptors (Lipinski definition) is 6. The second-order valence-corrected chi connectivity index (χ2v) is 36.9. The van der Waals surface area contributed by atoms with Gasteiger partial charge in [-0.3, -0.25) is 0 Å². The molecule has 8 nitrogen and oxygen atoms in total. The smallest absolute Gasteiger partial charge is 0.164 e. The van der Waals surface area contributed by atoms with Crippen molar-refractivity contribution in [1.82, 2.24) is 39.0 Å². The van der Waals surface area contributed by atoms with Crippen LogP contribution in [0.3, 0.4) is 0 Å². The summed E-state index contributed by atoms with van der Waals surface area (Å²) in [5.74, 6) is 3.54. The highest BCUT2D eigenvalue weighted by molar-refractivity contribution is 6.17. The third kappa shape index (κ3) is 14.9. The maximum Gasteiger partial charge on any atom is 0.164 e. The average molecular weight is 1760 g/mol. The molecule has 2 unspecified atom stereocenters. The molecule has 0 radical (unpaired) electrons. The number of nitrogens with zero attached hydrogens (tertiary/aromatic N) is 8. The maximum atomic E-state index is 5.53. The Labute approximate surface area is 802 Å². The first-order valence-electron chi connectivity index (χ1n) is 47.5. The van der Waals surface area contributed by atoms with Crippen molar-refractivity contribution in [3.63, 3.8) is 0 Å². The van der Waals surface area contributed by atoms with Crippen molar-refractivity contribution in [3.8, 4) is 180 Å². The summed E-state index contributed by atoms with van der Waals surface area (Å²) in [6, 6.07) is 167. The van der Waals surface area contributed by atoms with Crippen molar-refractivity contribution >= 4 is 49.2 Å². The van der Waals surface area contributed by atoms with Crippen molar-refractivity contribution in [2.75, 3.05) is 0 Å². The summed E-state index contributed by atoms with van der Waals surface area (Å²) < 4.78 is 5.02. The van der Waals surface area contributed by atoms with Crippen LogP contribution in [0.2, 0.25) is 0 Å². The van der Waals surface area contributed by atoms with Gasteiger partial charge in [0, 0.05) is 77.6 Å². The Bertz CT molecular complexity index is 8650. The van der Waals surface area contributed by atoms with Crippen molar-refractivity contribution < 1.29 is 0 Å². The highest BCUT2D eigenvalue weighted by Crippen LogP contribution is 2.53. The molecule has 0 aliphatic heterocycles. The van der Waals surface area contributed by atoms with Crippen LogP contribution < -0.4 is 0 Å². The number of benzene rings is 19. The van der Waals surface area contributed by atoms with E-state index < -0.39 is 5.41 Å². The minimum absolute atomic E-state index is 0.0577. The molecule has 0 bridgehead atoms. The van der Waals surface area contributed by atoms with Gasteiger partial charge in [-0.1, -0.05) is 385 Å². The van der Waals surface area contributed by atoms with Crippen LogP contribution >= 0.6 is 0 Å². The molecule has 8 heteroatoms. The summed E-state index contributed by atoms with van der Waals surface area (Å²) >= 11 is 0. The van der Waals surface area contributed by atoms with Gasteiger partial charge in [0.15, 0.2) is 34.9 Å². The Morgan fingerprint density at radius 3 is 0.920 bits per heavy atom. The zero-order valence-electron chi connectivity index (χ0n) is 76.3. The molecule has 2 aliphatic carbocycles. The zero-order valence-corrected chi connectivity index (χ0v) is 76.3. The molecule has 650 valence electrons. The van der Waals surface area contributed by atoms with Crippen molar-refractivity contribution in [2.24, 2.45) is 5.92 Å². The molecule has 4 aromatic heterocycles. The van der Waals surface area contributed by atoms with Gasteiger partial charge in [-0.2, -0.15) is 0 Å². The van der Waals surface area contributed by atoms with Crippen LogP contribution in [0.4, 0.5) is 0 Å². The number of rotatable bonds is 18. The molecule has 0 saturated heterocycles. The van der Waals surface area contributed by atoms with E-state index in [1.807, 2.05) is 24.3 Å². The maximum absolute atomic E-state index is 5.53. The van der Waals surface area contributed by atoms with Crippen molar-refractivity contribution in [1.29, 1.82) is 0 Å². The summed E-state index contributed by atoms with van der Waals surface area (Å²) in [7, 11) is 0. The monoisotopic (exact) mass is 1760 g/mol. The Morgan fingerprint density at radius 2 is 0.514 bits per heavy atom. The van der Waals surface area contributed by atoms with Crippen LogP contribution in [-0.2, 0) is 5.41 Å². The largest absolute Gasteiger partial charge is 0.309 e. The molecule has 138 heavy (non-hydrogen) atoms. The summed E-state index contributed by atoms with van der Waals surface area (Å²) in [5.41, 5.74) is 38.4. The fraction of sp³-hybridized carbons (Fsp3) is 0.0462. The van der Waals surface area contributed by atoms with Gasteiger partial charge in [0.25, 0.3) is 0 Å². The summed E-state index contributed by atoms with van der Waals surface area (Å²) in [6.45, 7) is 7.18. The predicted octanol–water partition coefficient (Wildman–Crippen LogP) is 33.3. The summed E-state index contributed by atoms with van der Waals surface area (Å²) in [4.78, 5) is 32.4. The minimum Gasteiger partial charge on any atom is -0.309 e. The number of fused-ring (bicyclic) bond motifs is 9. The van der Waals surface area contributed by atoms with Crippen LogP contribution in [0, 0.1) is 5.92 Å². The Hall–Kier alpha value is -17.7. The van der Waals surface area contributed by atoms with Crippen LogP contribution in [-0.4, -0.2) is 39.0 Å². The van der Waals surface area contributed by atoms with E-state index in [4.69, 9.17) is 29.9 Å². The van der Waals surface area contributed by atoms with Gasteiger partial charge in [-0.05, 0) is 249 Å². The molecule has 0 spiro atoms. The van der Waals surface area contributed by atoms with E-state index in [0.29, 0.717) is 34.9 Å². The van der Waals surface area contributed by atoms with Gasteiger partial charge < -0.3 is 9.13 Å². The molecule has 19 aromatic carbocycles. The van der Waals surface area contributed by atoms with E-state index in [2.05, 4.69) is 485 Å². The van der Waals surface area contributed by atoms with Crippen molar-refractivity contribution in [2.45, 2.75) is 32.1 Å². The lowest BCUT2D eigenvalue weighted by molar-refractivity contribution is 0.651. The molecule has 0 saturated carbocycles. The SMILES string of the molecule is CC1C(c2nc(-c3ccccc3)nc(-c3cccc(-c4cc(-c5ccccc5)cc(-c5ccccc5)c4)c3)n2)=CC=CC1c1cccc2c1c1cc(-c3ccccc3)ccc1n2-c1ccc2c(c1)C(C)(C)c1cc(-n3c4ccc(-c5ccccc5)cc4c4c(-c5cccc(-c6nc(-c7ccccc7)nc(-c7cccc(-c8cc(-c9ccccc9)cc(-c9ccccc9)c8)c7)n6)c5)cccc43)ccc1-2. The van der Waals surface area contributed by atoms with Gasteiger partial charge >= 0.3 is 0 Å². The number of aromatic nitrogens is 8. The minimum atomic E-state index is -0.421. The quantitative estimate of drug-likeness (QED) is 0.0851. The lowest BCUT2D eigenvalue weighted by Gasteiger charge is -2.27. The zero-order chi connectivity index (χ0) is 91.9. The van der Waals surface area contributed by atoms with E-state index in [-0.39, 0.29) is 11.8 Å². The molecule has 0 fully saturated rings. The molecule has 0 N–H and O–H groups in total. The molecular formula is C130H90N8. The Morgan fingerprint density at radius 1 is 0.217 bits per heavy atom. The fourth-order valence-electron chi connectivity index (χ4n) is 21.3. The first kappa shape index (κ1) is 82.2. The second kappa shape index (κ2) is 34.4. The highest BCUT2D eigenvalue weighted by Gasteiger charge is 2.38. The van der Waals surface area contributed by atoms with Gasteiger partial charge in [0.1, 0.15) is 0 Å². The molecule has 2 atom stereocenters. The standard InChI is InChI=1S/C130H90N8/c1-83-108(56-31-57-109(83)129-135-125(91-48-26-11-27-49-91)133-128(136-129)98-54-29-51-93(71-98)105-77-102(88-42-20-8-21-43-88)74-103(78-105)89-44-22-9-23-45-89)113-59-33-61-121-123(113)115-80-95(85-36-14-5-15-37-85)63-69-119(115)138(121)107-65-67-112-111-66-64-106(81-116(111)130(2,3)117(112)82-107)137-118-68-62-94(84-34-12-4-13-35-84)79-114(118)122-110(58-32-60-120(122)137)96-52-30-55-99(72-96)127-132-124(90-46-24-10-25-47-90)131-126(134-127)97-53-28-50-92(70-97)104-75-100(86-38-16-6-17-39-86)73-101(76-104)87-40-18-7-19-41-87/h4-83,108H,1-3H3. The van der Waals surface area contributed by atoms with Gasteiger partial charge in [-0.15, -0.1) is 0 Å². The van der Waals surface area contributed by atoms with Crippen LogP contribution in [0.15, 0.2) is 479 Å². The number of hydrogen-bond donors (Lipinski definition) is 0. The predicted molar refractivity (Wildman–Crippen MR) is 571 cm³/mol. The topological polar surface area (TPSA) is 87.2 Å². The van der Waals surface area contributed by atoms with Crippen LogP contribution in [0.5, 0.6) is 0 Å². The van der Waals surface area contributed by atoms with E-state index in [9.17, 15) is 0 Å². The number of allylic oxidation sites excluding steroid dienone is 4. The summed E-state index contributed by atoms with van der Waals surface area (Å²) in [6.07, 6.45) is 6.83. The molecule has 25 rings (SSSR count). The molecule has 2 aliphatic rings. The summed E-state index contributed by atoms with van der Waals surface area (Å²) in [5, 5.41) is 4.72. The molecule has 0 amide bonds. The van der Waals surface area contributed by atoms with Crippen LogP contribution in [0.25, 0.3) is 229 Å². The van der Waals surface area contributed by atoms with Gasteiger partial charge in [-0.25, -0.2) is 29.9 Å². The third-order valence-corrected chi connectivity index (χ3v) is 28.2. The normalized spacial score (nSPS) is 13.7. The Balaban J connectivity index is 0.571. The van der Waals surface area contributed by atoms with E-state index in [0.717, 1.165) is 172 Å². The molecular weight excluding hydrogens is 1670 g/mol. The third-order valence-electron chi connectivity index (χ3n) is 28.2. The first-order valence-corrected chi connectivity index (χ1v) is 47.5. The lowest BCUT2D eigenvalue weighted by Crippen LogP contribution is -2.16. The van der Waals surface area contributed by atoms with E-state index in [1.54, 1.807) is 0 Å². The fourth-order valence-corrected chi connectivity index (χ4v) is 21.3. The van der Waals surface area contributed by atoms with E-state index in [1.165, 1.54) is 44.2 Å². The highest BCUT2D eigenvalue weighted by atomic mass is 15.1. The van der Waals surface area contributed by atoms with Gasteiger partial charge in [0.2, 0.25) is 0 Å². The van der Waals surface area contributed by atoms with Gasteiger partial charge in [0.05, 0.1) is 22.1 Å². The average Bonchev–Trinajstić information content (AvgIpc) is 1.55. The van der Waals surface area contributed by atoms with Crippen LogP contribution in [0.1, 0.15) is 49.2 Å². The Kier molecular flexibility index (Phi) is 20.5. The molecule has 23 aromatic rings. The molecule has 4 heterocycles. The lowest BCUT2D eigenvalue weighted by atomic mass is 9.77. The second-order valence-electron chi connectivity index (χ2n) is 36.9. The first-order chi connectivity index (χ1) is 68.0.